The number of methoxy groups -OCH3 is 1. The van der Waals surface area contributed by atoms with Crippen molar-refractivity contribution in [1.82, 2.24) is 9.97 Å². The molecule has 0 spiro atoms. The van der Waals surface area contributed by atoms with Crippen LogP contribution in [0.4, 0.5) is 15.1 Å². The molecular formula is C16H13FN4O3. The first-order valence-electron chi connectivity index (χ1n) is 7.03. The smallest absolute Gasteiger partial charge is 0.413 e. The van der Waals surface area contributed by atoms with Crippen molar-refractivity contribution in [1.29, 1.82) is 0 Å². The van der Waals surface area contributed by atoms with Gasteiger partial charge < -0.3 is 9.72 Å². The van der Waals surface area contributed by atoms with Crippen molar-refractivity contribution in [3.8, 4) is 0 Å². The Morgan fingerprint density at radius 2 is 1.96 bits per heavy atom. The highest BCUT2D eigenvalue weighted by Gasteiger charge is 2.16. The quantitative estimate of drug-likeness (QED) is 0.713. The van der Waals surface area contributed by atoms with Crippen LogP contribution in [-0.4, -0.2) is 23.2 Å². The fraction of sp³-hybridized carbons (Fsp3) is 0.125. The molecule has 0 aliphatic carbocycles. The maximum atomic E-state index is 13.0. The largest absolute Gasteiger partial charge is 0.453 e. The van der Waals surface area contributed by atoms with E-state index in [0.717, 1.165) is 0 Å². The van der Waals surface area contributed by atoms with Gasteiger partial charge >= 0.3 is 6.09 Å². The van der Waals surface area contributed by atoms with E-state index < -0.39 is 12.1 Å². The molecule has 0 aliphatic heterocycles. The Morgan fingerprint density at radius 1 is 1.25 bits per heavy atom. The molecule has 0 bridgehead atoms. The highest BCUT2D eigenvalue weighted by molar-refractivity contribution is 5.86. The number of H-pyrrole nitrogens is 1. The predicted molar refractivity (Wildman–Crippen MR) is 86.2 cm³/mol. The van der Waals surface area contributed by atoms with Gasteiger partial charge in [0.1, 0.15) is 11.9 Å². The summed E-state index contributed by atoms with van der Waals surface area (Å²) in [6.07, 6.45) is -0.645. The van der Waals surface area contributed by atoms with Crippen molar-refractivity contribution in [2.75, 3.05) is 12.4 Å². The molecule has 1 unspecified atom stereocenters. The highest BCUT2D eigenvalue weighted by Crippen LogP contribution is 2.28. The number of hydrogen-bond donors (Lipinski definition) is 2. The lowest BCUT2D eigenvalue weighted by molar-refractivity contribution is 0.186. The molecule has 8 heteroatoms. The van der Waals surface area contributed by atoms with E-state index in [9.17, 15) is 14.1 Å². The van der Waals surface area contributed by atoms with Crippen LogP contribution in [0.2, 0.25) is 0 Å². The number of nitroso groups, excluding NO2 is 1. The van der Waals surface area contributed by atoms with Gasteiger partial charge in [-0.05, 0) is 35.4 Å². The van der Waals surface area contributed by atoms with Gasteiger partial charge in [0.05, 0.1) is 18.1 Å². The van der Waals surface area contributed by atoms with E-state index >= 15 is 0 Å². The first kappa shape index (κ1) is 15.6. The third kappa shape index (κ3) is 3.07. The number of aromatic nitrogens is 2. The Kier molecular flexibility index (Phi) is 4.19. The summed E-state index contributed by atoms with van der Waals surface area (Å²) >= 11 is 0. The number of hydrogen-bond acceptors (Lipinski definition) is 5. The summed E-state index contributed by atoms with van der Waals surface area (Å²) < 4.78 is 17.5. The first-order valence-corrected chi connectivity index (χ1v) is 7.03. The Balaban J connectivity index is 1.95. The Morgan fingerprint density at radius 3 is 2.62 bits per heavy atom. The molecule has 1 heterocycles. The fourth-order valence-corrected chi connectivity index (χ4v) is 2.36. The molecule has 0 fully saturated rings. The third-order valence-corrected chi connectivity index (χ3v) is 3.52. The zero-order valence-electron chi connectivity index (χ0n) is 12.6. The number of rotatable bonds is 4. The number of anilines is 1. The SMILES string of the molecule is COC(=O)Nc1nc2ccc(C(N=O)c3ccc(F)cc3)cc2[nH]1. The van der Waals surface area contributed by atoms with Crippen molar-refractivity contribution in [2.45, 2.75) is 6.04 Å². The number of halogens is 1. The van der Waals surface area contributed by atoms with Gasteiger partial charge in [-0.3, -0.25) is 5.32 Å². The van der Waals surface area contributed by atoms with Crippen molar-refractivity contribution in [2.24, 2.45) is 5.18 Å². The van der Waals surface area contributed by atoms with Crippen molar-refractivity contribution < 1.29 is 13.9 Å². The van der Waals surface area contributed by atoms with Gasteiger partial charge in [0.25, 0.3) is 0 Å². The van der Waals surface area contributed by atoms with Crippen LogP contribution >= 0.6 is 0 Å². The molecular weight excluding hydrogens is 315 g/mol. The van der Waals surface area contributed by atoms with Crippen LogP contribution in [0.15, 0.2) is 47.6 Å². The van der Waals surface area contributed by atoms with Gasteiger partial charge in [-0.25, -0.2) is 14.2 Å². The molecule has 0 saturated heterocycles. The van der Waals surface area contributed by atoms with E-state index in [1.54, 1.807) is 18.2 Å². The zero-order chi connectivity index (χ0) is 17.1. The van der Waals surface area contributed by atoms with Crippen LogP contribution in [0.1, 0.15) is 17.2 Å². The second-order valence-corrected chi connectivity index (χ2v) is 5.04. The third-order valence-electron chi connectivity index (χ3n) is 3.52. The average molecular weight is 328 g/mol. The Bertz CT molecular complexity index is 892. The average Bonchev–Trinajstić information content (AvgIpc) is 2.98. The van der Waals surface area contributed by atoms with Crippen LogP contribution in [0.5, 0.6) is 0 Å². The lowest BCUT2D eigenvalue weighted by Gasteiger charge is -2.09. The molecule has 1 amide bonds. The summed E-state index contributed by atoms with van der Waals surface area (Å²) in [6.45, 7) is 0. The standard InChI is InChI=1S/C16H13FN4O3/c1-24-16(22)20-15-18-12-7-4-10(8-13(12)19-15)14(21-23)9-2-5-11(17)6-3-9/h2-8,14H,1H3,(H2,18,19,20,22). The number of benzene rings is 2. The molecule has 3 aromatic rings. The maximum absolute atomic E-state index is 13.0. The molecule has 122 valence electrons. The summed E-state index contributed by atoms with van der Waals surface area (Å²) in [5.41, 5.74) is 2.43. The van der Waals surface area contributed by atoms with E-state index in [1.807, 2.05) is 0 Å². The molecule has 7 nitrogen and oxygen atoms in total. The van der Waals surface area contributed by atoms with Crippen LogP contribution in [0.3, 0.4) is 0 Å². The zero-order valence-corrected chi connectivity index (χ0v) is 12.6. The van der Waals surface area contributed by atoms with E-state index in [-0.39, 0.29) is 11.8 Å². The van der Waals surface area contributed by atoms with Gasteiger partial charge in [0.15, 0.2) is 0 Å². The summed E-state index contributed by atoms with van der Waals surface area (Å²) in [7, 11) is 1.25. The van der Waals surface area contributed by atoms with Gasteiger partial charge in [-0.2, -0.15) is 0 Å². The Hall–Kier alpha value is -3.29. The molecule has 2 N–H and O–H groups in total. The highest BCUT2D eigenvalue weighted by atomic mass is 19.1. The van der Waals surface area contributed by atoms with Crippen LogP contribution in [0, 0.1) is 10.7 Å². The first-order chi connectivity index (χ1) is 11.6. The van der Waals surface area contributed by atoms with Gasteiger partial charge in [-0.1, -0.05) is 23.4 Å². The lowest BCUT2D eigenvalue weighted by Crippen LogP contribution is -2.11. The second kappa shape index (κ2) is 6.45. The van der Waals surface area contributed by atoms with Crippen molar-refractivity contribution in [3.63, 3.8) is 0 Å². The van der Waals surface area contributed by atoms with E-state index in [1.165, 1.54) is 31.4 Å². The normalized spacial score (nSPS) is 11.9. The molecule has 0 saturated carbocycles. The summed E-state index contributed by atoms with van der Waals surface area (Å²) in [5, 5.41) is 5.56. The number of nitrogens with one attached hydrogen (secondary N) is 2. The number of imidazole rings is 1. The molecule has 3 rings (SSSR count). The maximum Gasteiger partial charge on any atom is 0.413 e. The fourth-order valence-electron chi connectivity index (χ4n) is 2.36. The molecule has 0 radical (unpaired) electrons. The molecule has 1 atom stereocenters. The molecule has 0 aliphatic rings. The van der Waals surface area contributed by atoms with Crippen LogP contribution < -0.4 is 5.32 Å². The number of ether oxygens (including phenoxy) is 1. The van der Waals surface area contributed by atoms with Crippen LogP contribution in [0.25, 0.3) is 11.0 Å². The Labute approximate surface area is 135 Å². The van der Waals surface area contributed by atoms with E-state index in [2.05, 4.69) is 25.2 Å². The number of nitrogens with zero attached hydrogens (tertiary/aromatic N) is 2. The number of fused-ring (bicyclic) bond motifs is 1. The van der Waals surface area contributed by atoms with E-state index in [4.69, 9.17) is 0 Å². The lowest BCUT2D eigenvalue weighted by atomic mass is 9.99. The number of carbonyl (C=O) groups is 1. The molecule has 24 heavy (non-hydrogen) atoms. The molecule has 2 aromatic carbocycles. The minimum absolute atomic E-state index is 0.228. The second-order valence-electron chi connectivity index (χ2n) is 5.04. The monoisotopic (exact) mass is 328 g/mol. The van der Waals surface area contributed by atoms with Crippen LogP contribution in [-0.2, 0) is 4.74 Å². The van der Waals surface area contributed by atoms with Crippen molar-refractivity contribution >= 4 is 23.1 Å². The summed E-state index contributed by atoms with van der Waals surface area (Å²) in [6, 6.07) is 9.94. The van der Waals surface area contributed by atoms with Crippen molar-refractivity contribution in [3.05, 3.63) is 64.3 Å². The molecule has 1 aromatic heterocycles. The van der Waals surface area contributed by atoms with Gasteiger partial charge in [-0.15, -0.1) is 4.91 Å². The number of carbonyl (C=O) groups excluding carboxylic acids is 1. The number of aromatic amines is 1. The minimum Gasteiger partial charge on any atom is -0.453 e. The predicted octanol–water partition coefficient (Wildman–Crippen LogP) is 3.74. The van der Waals surface area contributed by atoms with Gasteiger partial charge in [0.2, 0.25) is 5.95 Å². The minimum atomic E-state index is -0.768. The topological polar surface area (TPSA) is 96.4 Å². The van der Waals surface area contributed by atoms with E-state index in [0.29, 0.717) is 22.2 Å². The summed E-state index contributed by atoms with van der Waals surface area (Å²) in [4.78, 5) is 29.6. The summed E-state index contributed by atoms with van der Waals surface area (Å²) in [5.74, 6) is -0.155. The number of amides is 1. The van der Waals surface area contributed by atoms with Gasteiger partial charge in [0, 0.05) is 0 Å².